The summed E-state index contributed by atoms with van der Waals surface area (Å²) in [5.74, 6) is -0.288. The molecule has 1 N–H and O–H groups in total. The fraction of sp³-hybridized carbons (Fsp3) is 0.417. The molecule has 1 saturated heterocycles. The van der Waals surface area contributed by atoms with E-state index in [4.69, 9.17) is 4.74 Å². The Morgan fingerprint density at radius 2 is 2.26 bits per heavy atom. The number of carbonyl (C=O) groups is 1. The molecular formula is C12H14N2O5. The molecule has 1 aliphatic rings. The van der Waals surface area contributed by atoms with Crippen molar-refractivity contribution in [1.29, 1.82) is 0 Å². The Morgan fingerprint density at radius 1 is 1.58 bits per heavy atom. The van der Waals surface area contributed by atoms with E-state index in [9.17, 15) is 20.0 Å². The zero-order chi connectivity index (χ0) is 14.0. The van der Waals surface area contributed by atoms with Gasteiger partial charge in [0.25, 0.3) is 11.6 Å². The van der Waals surface area contributed by atoms with Crippen molar-refractivity contribution in [1.82, 2.24) is 4.90 Å². The third-order valence-corrected chi connectivity index (χ3v) is 2.86. The first-order chi connectivity index (χ1) is 9.04. The van der Waals surface area contributed by atoms with Gasteiger partial charge in [0.05, 0.1) is 17.6 Å². The van der Waals surface area contributed by atoms with E-state index in [1.54, 1.807) is 6.92 Å². The van der Waals surface area contributed by atoms with Crippen molar-refractivity contribution < 1.29 is 19.6 Å². The summed E-state index contributed by atoms with van der Waals surface area (Å²) in [5, 5.41) is 20.2. The highest BCUT2D eigenvalue weighted by atomic mass is 16.6. The summed E-state index contributed by atoms with van der Waals surface area (Å²) in [5.41, 5.74) is -0.335. The van der Waals surface area contributed by atoms with E-state index in [-0.39, 0.29) is 30.1 Å². The molecule has 2 rings (SSSR count). The maximum absolute atomic E-state index is 12.2. The summed E-state index contributed by atoms with van der Waals surface area (Å²) in [6.07, 6.45) is -0.553. The standard InChI is InChI=1S/C12H14N2O5/c1-2-19-10-5-3-4-9(14(17)18)11(10)12(16)13-6-8(15)7-13/h3-5,8,15H,2,6-7H2,1H3. The van der Waals surface area contributed by atoms with Crippen molar-refractivity contribution in [2.45, 2.75) is 13.0 Å². The van der Waals surface area contributed by atoms with Crippen LogP contribution in [-0.2, 0) is 0 Å². The number of benzene rings is 1. The molecule has 1 aromatic carbocycles. The van der Waals surface area contributed by atoms with E-state index in [1.807, 2.05) is 0 Å². The molecule has 1 aliphatic heterocycles. The summed E-state index contributed by atoms with van der Waals surface area (Å²) in [4.78, 5) is 24.0. The van der Waals surface area contributed by atoms with Crippen molar-refractivity contribution in [3.05, 3.63) is 33.9 Å². The highest BCUT2D eigenvalue weighted by Crippen LogP contribution is 2.30. The molecule has 1 amide bonds. The lowest BCUT2D eigenvalue weighted by Gasteiger charge is -2.35. The first-order valence-corrected chi connectivity index (χ1v) is 5.92. The van der Waals surface area contributed by atoms with Gasteiger partial charge < -0.3 is 14.7 Å². The van der Waals surface area contributed by atoms with Crippen molar-refractivity contribution >= 4 is 11.6 Å². The van der Waals surface area contributed by atoms with Gasteiger partial charge in [-0.3, -0.25) is 14.9 Å². The van der Waals surface area contributed by atoms with Crippen LogP contribution >= 0.6 is 0 Å². The highest BCUT2D eigenvalue weighted by molar-refractivity contribution is 6.01. The molecule has 0 bridgehead atoms. The number of aliphatic hydroxyl groups is 1. The molecule has 0 unspecified atom stereocenters. The number of aliphatic hydroxyl groups excluding tert-OH is 1. The average molecular weight is 266 g/mol. The molecule has 1 fully saturated rings. The van der Waals surface area contributed by atoms with Crippen molar-refractivity contribution in [3.8, 4) is 5.75 Å². The fourth-order valence-corrected chi connectivity index (χ4v) is 1.94. The minimum atomic E-state index is -0.605. The predicted molar refractivity (Wildman–Crippen MR) is 66.2 cm³/mol. The first kappa shape index (κ1) is 13.3. The van der Waals surface area contributed by atoms with Crippen LogP contribution in [0.2, 0.25) is 0 Å². The third-order valence-electron chi connectivity index (χ3n) is 2.86. The second-order valence-electron chi connectivity index (χ2n) is 4.20. The van der Waals surface area contributed by atoms with Gasteiger partial charge in [0.1, 0.15) is 5.75 Å². The van der Waals surface area contributed by atoms with Gasteiger partial charge in [0.2, 0.25) is 0 Å². The van der Waals surface area contributed by atoms with E-state index in [0.717, 1.165) is 0 Å². The lowest BCUT2D eigenvalue weighted by atomic mass is 10.1. The molecule has 0 aliphatic carbocycles. The molecule has 19 heavy (non-hydrogen) atoms. The molecule has 0 aromatic heterocycles. The molecule has 1 heterocycles. The number of hydrogen-bond donors (Lipinski definition) is 1. The SMILES string of the molecule is CCOc1cccc([N+](=O)[O-])c1C(=O)N1CC(O)C1. The Kier molecular flexibility index (Phi) is 3.66. The Morgan fingerprint density at radius 3 is 2.79 bits per heavy atom. The van der Waals surface area contributed by atoms with Crippen molar-refractivity contribution in [2.75, 3.05) is 19.7 Å². The minimum absolute atomic E-state index is 0.0544. The summed E-state index contributed by atoms with van der Waals surface area (Å²) in [6.45, 7) is 2.43. The van der Waals surface area contributed by atoms with Crippen LogP contribution in [0, 0.1) is 10.1 Å². The van der Waals surface area contributed by atoms with Gasteiger partial charge in [0.15, 0.2) is 5.56 Å². The molecule has 0 spiro atoms. The van der Waals surface area contributed by atoms with E-state index in [2.05, 4.69) is 0 Å². The number of carbonyl (C=O) groups excluding carboxylic acids is 1. The zero-order valence-corrected chi connectivity index (χ0v) is 10.4. The van der Waals surface area contributed by atoms with E-state index < -0.39 is 16.9 Å². The third kappa shape index (κ3) is 2.50. The maximum atomic E-state index is 12.2. The molecule has 102 valence electrons. The Labute approximate surface area is 109 Å². The van der Waals surface area contributed by atoms with Gasteiger partial charge in [0, 0.05) is 19.2 Å². The van der Waals surface area contributed by atoms with E-state index in [0.29, 0.717) is 6.61 Å². The fourth-order valence-electron chi connectivity index (χ4n) is 1.94. The first-order valence-electron chi connectivity index (χ1n) is 5.92. The monoisotopic (exact) mass is 266 g/mol. The number of β-amino-alcohol motifs (C(OH)–C–C–N with tert-alkyl or cyclic N) is 1. The minimum Gasteiger partial charge on any atom is -0.493 e. The van der Waals surface area contributed by atoms with Crippen molar-refractivity contribution in [3.63, 3.8) is 0 Å². The van der Waals surface area contributed by atoms with Crippen LogP contribution in [0.5, 0.6) is 5.75 Å². The second kappa shape index (κ2) is 5.23. The number of rotatable bonds is 4. The van der Waals surface area contributed by atoms with Gasteiger partial charge >= 0.3 is 0 Å². The van der Waals surface area contributed by atoms with E-state index in [1.165, 1.54) is 23.1 Å². The van der Waals surface area contributed by atoms with Crippen LogP contribution in [0.1, 0.15) is 17.3 Å². The average Bonchev–Trinajstić information content (AvgIpc) is 2.34. The lowest BCUT2D eigenvalue weighted by Crippen LogP contribution is -2.53. The zero-order valence-electron chi connectivity index (χ0n) is 10.4. The Bertz CT molecular complexity index is 511. The topological polar surface area (TPSA) is 92.9 Å². The summed E-state index contributed by atoms with van der Waals surface area (Å²) < 4.78 is 5.28. The number of nitrogens with zero attached hydrogens (tertiary/aromatic N) is 2. The van der Waals surface area contributed by atoms with Crippen LogP contribution in [0.4, 0.5) is 5.69 Å². The van der Waals surface area contributed by atoms with Gasteiger partial charge in [-0.15, -0.1) is 0 Å². The quantitative estimate of drug-likeness (QED) is 0.643. The maximum Gasteiger partial charge on any atom is 0.285 e. The number of nitro benzene ring substituents is 1. The molecule has 0 atom stereocenters. The highest BCUT2D eigenvalue weighted by Gasteiger charge is 2.35. The largest absolute Gasteiger partial charge is 0.493 e. The van der Waals surface area contributed by atoms with Gasteiger partial charge in [-0.1, -0.05) is 6.07 Å². The number of amides is 1. The van der Waals surface area contributed by atoms with Gasteiger partial charge in [-0.05, 0) is 13.0 Å². The van der Waals surface area contributed by atoms with E-state index >= 15 is 0 Å². The number of hydrogen-bond acceptors (Lipinski definition) is 5. The number of ether oxygens (including phenoxy) is 1. The summed E-state index contributed by atoms with van der Waals surface area (Å²) in [7, 11) is 0. The normalized spacial score (nSPS) is 14.9. The number of likely N-dealkylation sites (tertiary alicyclic amines) is 1. The Hall–Kier alpha value is -2.15. The molecule has 0 saturated carbocycles. The molecular weight excluding hydrogens is 252 g/mol. The summed E-state index contributed by atoms with van der Waals surface area (Å²) in [6, 6.07) is 4.27. The van der Waals surface area contributed by atoms with Gasteiger partial charge in [-0.25, -0.2) is 0 Å². The van der Waals surface area contributed by atoms with Crippen LogP contribution in [0.25, 0.3) is 0 Å². The summed E-state index contributed by atoms with van der Waals surface area (Å²) >= 11 is 0. The van der Waals surface area contributed by atoms with Gasteiger partial charge in [-0.2, -0.15) is 0 Å². The Balaban J connectivity index is 2.39. The molecule has 1 aromatic rings. The predicted octanol–water partition coefficient (Wildman–Crippen LogP) is 0.810. The second-order valence-corrected chi connectivity index (χ2v) is 4.20. The smallest absolute Gasteiger partial charge is 0.285 e. The molecule has 0 radical (unpaired) electrons. The van der Waals surface area contributed by atoms with Crippen LogP contribution < -0.4 is 4.74 Å². The van der Waals surface area contributed by atoms with Crippen LogP contribution in [-0.4, -0.2) is 46.6 Å². The number of nitro groups is 1. The van der Waals surface area contributed by atoms with Crippen molar-refractivity contribution in [2.24, 2.45) is 0 Å². The lowest BCUT2D eigenvalue weighted by molar-refractivity contribution is -0.385. The molecule has 7 heteroatoms. The van der Waals surface area contributed by atoms with Crippen LogP contribution in [0.3, 0.4) is 0 Å². The molecule has 7 nitrogen and oxygen atoms in total. The van der Waals surface area contributed by atoms with Crippen LogP contribution in [0.15, 0.2) is 18.2 Å².